The molecule has 0 aromatic heterocycles. The maximum atomic E-state index is 11.9. The Morgan fingerprint density at radius 3 is 2.16 bits per heavy atom. The molecule has 1 aliphatic carbocycles. The fourth-order valence-corrected chi connectivity index (χ4v) is 5.05. The smallest absolute Gasteiger partial charge is 0.330 e. The SMILES string of the molecule is CCOC(=O)/C=C/c1ccc(OC)c(-c2cc3c(cc2OCc2ccccc2)C(C)(C)CCC3(C)C)c1. The molecule has 1 aliphatic rings. The van der Waals surface area contributed by atoms with E-state index < -0.39 is 0 Å². The van der Waals surface area contributed by atoms with E-state index in [0.29, 0.717) is 13.2 Å². The highest BCUT2D eigenvalue weighted by Crippen LogP contribution is 2.50. The van der Waals surface area contributed by atoms with Crippen molar-refractivity contribution in [2.75, 3.05) is 13.7 Å². The summed E-state index contributed by atoms with van der Waals surface area (Å²) in [7, 11) is 1.68. The Morgan fingerprint density at radius 1 is 0.865 bits per heavy atom. The molecule has 0 fully saturated rings. The molecule has 0 radical (unpaired) electrons. The van der Waals surface area contributed by atoms with E-state index in [1.807, 2.05) is 36.4 Å². The van der Waals surface area contributed by atoms with Crippen molar-refractivity contribution in [3.05, 3.63) is 89.0 Å². The summed E-state index contributed by atoms with van der Waals surface area (Å²) in [6.07, 6.45) is 5.48. The molecule has 0 N–H and O–H groups in total. The number of rotatable bonds is 8. The first-order valence-corrected chi connectivity index (χ1v) is 13.0. The Labute approximate surface area is 221 Å². The monoisotopic (exact) mass is 498 g/mol. The highest BCUT2D eigenvalue weighted by atomic mass is 16.5. The lowest BCUT2D eigenvalue weighted by atomic mass is 9.62. The van der Waals surface area contributed by atoms with Gasteiger partial charge in [-0.15, -0.1) is 0 Å². The van der Waals surface area contributed by atoms with Gasteiger partial charge in [-0.05, 0) is 83.2 Å². The Hall–Kier alpha value is -3.53. The van der Waals surface area contributed by atoms with Gasteiger partial charge in [-0.1, -0.05) is 64.1 Å². The number of esters is 1. The maximum Gasteiger partial charge on any atom is 0.330 e. The van der Waals surface area contributed by atoms with Crippen LogP contribution < -0.4 is 9.47 Å². The number of hydrogen-bond acceptors (Lipinski definition) is 4. The van der Waals surface area contributed by atoms with Crippen molar-refractivity contribution in [3.8, 4) is 22.6 Å². The molecule has 0 saturated heterocycles. The van der Waals surface area contributed by atoms with Crippen LogP contribution in [-0.2, 0) is 27.0 Å². The first kappa shape index (κ1) is 26.5. The van der Waals surface area contributed by atoms with Crippen LogP contribution in [-0.4, -0.2) is 19.7 Å². The van der Waals surface area contributed by atoms with Gasteiger partial charge in [0.2, 0.25) is 0 Å². The number of carbonyl (C=O) groups excluding carboxylic acids is 1. The standard InChI is InChI=1S/C33H38O4/c1-7-36-31(34)16-14-23-13-15-29(35-6)25(19-23)26-20-27-28(33(4,5)18-17-32(27,2)3)21-30(26)37-22-24-11-9-8-10-12-24/h8-16,19-21H,7,17-18,22H2,1-6H3/b16-14+. The number of ether oxygens (including phenoxy) is 3. The molecule has 0 unspecified atom stereocenters. The third-order valence-electron chi connectivity index (χ3n) is 7.40. The largest absolute Gasteiger partial charge is 0.496 e. The van der Waals surface area contributed by atoms with Crippen molar-refractivity contribution >= 4 is 12.0 Å². The average molecular weight is 499 g/mol. The Morgan fingerprint density at radius 2 is 1.51 bits per heavy atom. The van der Waals surface area contributed by atoms with Crippen molar-refractivity contribution in [3.63, 3.8) is 0 Å². The molecule has 0 spiro atoms. The summed E-state index contributed by atoms with van der Waals surface area (Å²) >= 11 is 0. The van der Waals surface area contributed by atoms with E-state index in [9.17, 15) is 4.79 Å². The molecule has 37 heavy (non-hydrogen) atoms. The Balaban J connectivity index is 1.86. The van der Waals surface area contributed by atoms with Gasteiger partial charge in [-0.25, -0.2) is 4.79 Å². The van der Waals surface area contributed by atoms with Crippen LogP contribution in [0.5, 0.6) is 11.5 Å². The zero-order chi connectivity index (χ0) is 26.6. The van der Waals surface area contributed by atoms with E-state index in [0.717, 1.165) is 46.6 Å². The summed E-state index contributed by atoms with van der Waals surface area (Å²) in [5.41, 5.74) is 6.71. The first-order valence-electron chi connectivity index (χ1n) is 13.0. The van der Waals surface area contributed by atoms with Crippen molar-refractivity contribution in [2.24, 2.45) is 0 Å². The lowest BCUT2D eigenvalue weighted by Crippen LogP contribution is -2.33. The predicted molar refractivity (Wildman–Crippen MR) is 150 cm³/mol. The molecule has 0 aliphatic heterocycles. The minimum atomic E-state index is -0.357. The third kappa shape index (κ3) is 5.90. The normalized spacial score (nSPS) is 15.7. The van der Waals surface area contributed by atoms with Crippen LogP contribution in [0.25, 0.3) is 17.2 Å². The molecular formula is C33H38O4. The van der Waals surface area contributed by atoms with E-state index in [1.165, 1.54) is 17.2 Å². The van der Waals surface area contributed by atoms with Crippen molar-refractivity contribution in [1.29, 1.82) is 0 Å². The zero-order valence-corrected chi connectivity index (χ0v) is 22.9. The van der Waals surface area contributed by atoms with Crippen molar-refractivity contribution in [1.82, 2.24) is 0 Å². The van der Waals surface area contributed by atoms with Gasteiger partial charge >= 0.3 is 5.97 Å². The summed E-state index contributed by atoms with van der Waals surface area (Å²) in [6, 6.07) is 20.7. The van der Waals surface area contributed by atoms with E-state index in [-0.39, 0.29) is 16.8 Å². The van der Waals surface area contributed by atoms with Gasteiger partial charge in [-0.2, -0.15) is 0 Å². The molecular weight excluding hydrogens is 460 g/mol. The summed E-state index contributed by atoms with van der Waals surface area (Å²) in [5.74, 6) is 1.23. The highest BCUT2D eigenvalue weighted by Gasteiger charge is 2.38. The Bertz CT molecular complexity index is 1290. The number of carbonyl (C=O) groups is 1. The number of methoxy groups -OCH3 is 1. The van der Waals surface area contributed by atoms with Gasteiger partial charge in [0.05, 0.1) is 13.7 Å². The lowest BCUT2D eigenvalue weighted by Gasteiger charge is -2.42. The third-order valence-corrected chi connectivity index (χ3v) is 7.40. The van der Waals surface area contributed by atoms with Crippen molar-refractivity contribution in [2.45, 2.75) is 64.9 Å². The molecule has 3 aromatic rings. The highest BCUT2D eigenvalue weighted by molar-refractivity contribution is 5.88. The van der Waals surface area contributed by atoms with Crippen LogP contribution in [0.4, 0.5) is 0 Å². The van der Waals surface area contributed by atoms with Gasteiger partial charge in [0.1, 0.15) is 18.1 Å². The topological polar surface area (TPSA) is 44.8 Å². The lowest BCUT2D eigenvalue weighted by molar-refractivity contribution is -0.137. The zero-order valence-electron chi connectivity index (χ0n) is 22.9. The van der Waals surface area contributed by atoms with Gasteiger partial charge in [0, 0.05) is 17.2 Å². The van der Waals surface area contributed by atoms with Crippen LogP contribution >= 0.6 is 0 Å². The minimum absolute atomic E-state index is 0.0478. The summed E-state index contributed by atoms with van der Waals surface area (Å²) in [6.45, 7) is 11.9. The van der Waals surface area contributed by atoms with E-state index in [1.54, 1.807) is 20.1 Å². The molecule has 4 heteroatoms. The fraction of sp³-hybridized carbons (Fsp3) is 0.364. The Kier molecular flexibility index (Phi) is 7.77. The second-order valence-electron chi connectivity index (χ2n) is 11.0. The van der Waals surface area contributed by atoms with Gasteiger partial charge in [0.25, 0.3) is 0 Å². The first-order chi connectivity index (χ1) is 17.6. The van der Waals surface area contributed by atoms with Crippen LogP contribution in [0.2, 0.25) is 0 Å². The minimum Gasteiger partial charge on any atom is -0.496 e. The average Bonchev–Trinajstić information content (AvgIpc) is 2.89. The quantitative estimate of drug-likeness (QED) is 0.234. The summed E-state index contributed by atoms with van der Waals surface area (Å²) in [4.78, 5) is 11.9. The van der Waals surface area contributed by atoms with Crippen LogP contribution in [0.15, 0.2) is 66.7 Å². The fourth-order valence-electron chi connectivity index (χ4n) is 5.05. The molecule has 0 bridgehead atoms. The van der Waals surface area contributed by atoms with E-state index in [4.69, 9.17) is 14.2 Å². The van der Waals surface area contributed by atoms with Crippen LogP contribution in [0.1, 0.15) is 69.7 Å². The predicted octanol–water partition coefficient (Wildman–Crippen LogP) is 7.87. The van der Waals surface area contributed by atoms with Crippen LogP contribution in [0, 0.1) is 0 Å². The molecule has 0 amide bonds. The molecule has 0 heterocycles. The molecule has 194 valence electrons. The number of fused-ring (bicyclic) bond motifs is 1. The maximum absolute atomic E-state index is 11.9. The molecule has 0 atom stereocenters. The molecule has 4 rings (SSSR count). The number of benzene rings is 3. The molecule has 0 saturated carbocycles. The molecule has 4 nitrogen and oxygen atoms in total. The summed E-state index contributed by atoms with van der Waals surface area (Å²) in [5, 5.41) is 0. The van der Waals surface area contributed by atoms with Gasteiger partial charge < -0.3 is 14.2 Å². The number of hydrogen-bond donors (Lipinski definition) is 0. The van der Waals surface area contributed by atoms with E-state index in [2.05, 4.69) is 52.0 Å². The van der Waals surface area contributed by atoms with Gasteiger partial charge in [-0.3, -0.25) is 0 Å². The van der Waals surface area contributed by atoms with Crippen LogP contribution in [0.3, 0.4) is 0 Å². The van der Waals surface area contributed by atoms with E-state index >= 15 is 0 Å². The van der Waals surface area contributed by atoms with Crippen molar-refractivity contribution < 1.29 is 19.0 Å². The second kappa shape index (κ2) is 10.8. The van der Waals surface area contributed by atoms with Gasteiger partial charge in [0.15, 0.2) is 0 Å². The molecule has 3 aromatic carbocycles. The summed E-state index contributed by atoms with van der Waals surface area (Å²) < 4.78 is 17.4. The second-order valence-corrected chi connectivity index (χ2v) is 11.0.